The van der Waals surface area contributed by atoms with Gasteiger partial charge < -0.3 is 10.1 Å². The number of ether oxygens (including phenoxy) is 1. The van der Waals surface area contributed by atoms with Crippen molar-refractivity contribution in [1.29, 1.82) is 0 Å². The molecule has 200 valence electrons. The molecule has 0 spiro atoms. The Balaban J connectivity index is 0.00000380. The number of rotatable bonds is 6. The van der Waals surface area contributed by atoms with Crippen LogP contribution >= 0.6 is 12.4 Å². The predicted molar refractivity (Wildman–Crippen MR) is 130 cm³/mol. The molecule has 0 bridgehead atoms. The largest absolute Gasteiger partial charge is 0.476 e. The number of amides is 3. The summed E-state index contributed by atoms with van der Waals surface area (Å²) in [5.41, 5.74) is -0.830. The highest BCUT2D eigenvalue weighted by Gasteiger charge is 2.34. The Hall–Kier alpha value is -3.45. The van der Waals surface area contributed by atoms with Crippen molar-refractivity contribution in [2.45, 2.75) is 25.9 Å². The number of alkyl halides is 3. The lowest BCUT2D eigenvalue weighted by Gasteiger charge is -2.16. The molecule has 1 aliphatic rings. The monoisotopic (exact) mass is 544 g/mol. The summed E-state index contributed by atoms with van der Waals surface area (Å²) in [5, 5.41) is 9.03. The van der Waals surface area contributed by atoms with Crippen molar-refractivity contribution in [3.8, 4) is 5.88 Å². The fraction of sp³-hybridized carbons (Fsp3) is 0.391. The van der Waals surface area contributed by atoms with Crippen LogP contribution in [0.2, 0.25) is 0 Å². The summed E-state index contributed by atoms with van der Waals surface area (Å²) >= 11 is 0. The molecular weight excluding hydrogens is 520 g/mol. The van der Waals surface area contributed by atoms with Crippen molar-refractivity contribution >= 4 is 41.1 Å². The number of benzene rings is 1. The highest BCUT2D eigenvalue weighted by Crippen LogP contribution is 2.33. The van der Waals surface area contributed by atoms with Gasteiger partial charge in [-0.1, -0.05) is 0 Å². The average Bonchev–Trinajstić information content (AvgIpc) is 3.41. The molecule has 14 heteroatoms. The van der Waals surface area contributed by atoms with E-state index in [1.54, 1.807) is 18.7 Å². The number of likely N-dealkylation sites (tertiary alicyclic amines) is 1. The molecule has 37 heavy (non-hydrogen) atoms. The molecule has 1 aliphatic heterocycles. The molecule has 2 N–H and O–H groups in total. The molecule has 1 saturated heterocycles. The number of pyridine rings is 1. The van der Waals surface area contributed by atoms with Gasteiger partial charge in [-0.2, -0.15) is 23.3 Å². The SMILES string of the molecule is Cc1nn(C)c2nc(OCCN3CCCC3)c(C(=O)NC(=O)Nc3ccc(F)c(C(F)(F)F)c3)cc12.Cl. The van der Waals surface area contributed by atoms with Crippen molar-refractivity contribution in [2.24, 2.45) is 7.05 Å². The van der Waals surface area contributed by atoms with E-state index in [2.05, 4.69) is 25.6 Å². The maximum atomic E-state index is 13.5. The van der Waals surface area contributed by atoms with Crippen LogP contribution in [-0.2, 0) is 13.2 Å². The fourth-order valence-corrected chi connectivity index (χ4v) is 4.03. The molecule has 9 nitrogen and oxygen atoms in total. The van der Waals surface area contributed by atoms with E-state index in [0.29, 0.717) is 35.4 Å². The van der Waals surface area contributed by atoms with Crippen molar-refractivity contribution in [2.75, 3.05) is 31.6 Å². The highest BCUT2D eigenvalue weighted by molar-refractivity contribution is 6.10. The number of imide groups is 1. The van der Waals surface area contributed by atoms with Gasteiger partial charge in [-0.05, 0) is 57.1 Å². The quantitative estimate of drug-likeness (QED) is 0.449. The maximum absolute atomic E-state index is 13.5. The van der Waals surface area contributed by atoms with Gasteiger partial charge in [0.05, 0.1) is 11.3 Å². The van der Waals surface area contributed by atoms with E-state index in [1.807, 2.05) is 0 Å². The maximum Gasteiger partial charge on any atom is 0.419 e. The van der Waals surface area contributed by atoms with Crippen LogP contribution in [0.15, 0.2) is 24.3 Å². The first-order chi connectivity index (χ1) is 17.0. The van der Waals surface area contributed by atoms with E-state index in [0.717, 1.165) is 32.0 Å². The molecule has 3 heterocycles. The van der Waals surface area contributed by atoms with Gasteiger partial charge >= 0.3 is 12.2 Å². The molecule has 2 aromatic heterocycles. The van der Waals surface area contributed by atoms with Crippen LogP contribution in [0.4, 0.5) is 28.0 Å². The van der Waals surface area contributed by atoms with Crippen LogP contribution in [0.1, 0.15) is 34.5 Å². The van der Waals surface area contributed by atoms with Crippen LogP contribution in [0, 0.1) is 12.7 Å². The van der Waals surface area contributed by atoms with Gasteiger partial charge in [0.25, 0.3) is 5.91 Å². The first-order valence-electron chi connectivity index (χ1n) is 11.2. The number of aromatic nitrogens is 3. The summed E-state index contributed by atoms with van der Waals surface area (Å²) in [6, 6.07) is 2.37. The van der Waals surface area contributed by atoms with Crippen molar-refractivity contribution in [1.82, 2.24) is 25.0 Å². The van der Waals surface area contributed by atoms with Gasteiger partial charge in [0.2, 0.25) is 5.88 Å². The van der Waals surface area contributed by atoms with E-state index in [1.165, 1.54) is 6.07 Å². The Morgan fingerprint density at radius 2 is 1.86 bits per heavy atom. The van der Waals surface area contributed by atoms with E-state index in [9.17, 15) is 27.2 Å². The van der Waals surface area contributed by atoms with Crippen LogP contribution in [0.5, 0.6) is 5.88 Å². The molecule has 3 amide bonds. The predicted octanol–water partition coefficient (Wildman–Crippen LogP) is 4.29. The smallest absolute Gasteiger partial charge is 0.419 e. The number of carbonyl (C=O) groups is 2. The van der Waals surface area contributed by atoms with Gasteiger partial charge in [-0.3, -0.25) is 19.7 Å². The Morgan fingerprint density at radius 1 is 1.16 bits per heavy atom. The molecule has 0 atom stereocenters. The van der Waals surface area contributed by atoms with Crippen LogP contribution in [-0.4, -0.2) is 57.8 Å². The minimum atomic E-state index is -4.95. The molecule has 0 radical (unpaired) electrons. The molecular formula is C23H25ClF4N6O3. The van der Waals surface area contributed by atoms with Crippen LogP contribution in [0.25, 0.3) is 11.0 Å². The second-order valence-corrected chi connectivity index (χ2v) is 8.42. The first-order valence-corrected chi connectivity index (χ1v) is 11.2. The number of nitrogens with zero attached hydrogens (tertiary/aromatic N) is 4. The summed E-state index contributed by atoms with van der Waals surface area (Å²) < 4.78 is 59.7. The van der Waals surface area contributed by atoms with E-state index in [-0.39, 0.29) is 36.1 Å². The molecule has 1 fully saturated rings. The lowest BCUT2D eigenvalue weighted by atomic mass is 10.1. The molecule has 0 aliphatic carbocycles. The lowest BCUT2D eigenvalue weighted by molar-refractivity contribution is -0.139. The normalized spacial score (nSPS) is 13.9. The van der Waals surface area contributed by atoms with Crippen molar-refractivity contribution < 1.29 is 31.9 Å². The second kappa shape index (κ2) is 11.3. The number of halogens is 5. The summed E-state index contributed by atoms with van der Waals surface area (Å²) in [6.07, 6.45) is -2.72. The molecule has 3 aromatic rings. The fourth-order valence-electron chi connectivity index (χ4n) is 4.03. The highest BCUT2D eigenvalue weighted by atomic mass is 35.5. The van der Waals surface area contributed by atoms with Crippen LogP contribution in [0.3, 0.4) is 0 Å². The van der Waals surface area contributed by atoms with Crippen molar-refractivity contribution in [3.05, 3.63) is 46.9 Å². The standard InChI is InChI=1S/C23H24F4N6O3.ClH/c1-13-15-12-16(21(29-19(15)32(2)31-13)36-10-9-33-7-3-4-8-33)20(34)30-22(35)28-14-5-6-18(24)17(11-14)23(25,26)27;/h5-6,11-12H,3-4,7-10H2,1-2H3,(H2,28,30,34,35);1H. The number of fused-ring (bicyclic) bond motifs is 1. The van der Waals surface area contributed by atoms with Gasteiger partial charge in [-0.25, -0.2) is 9.18 Å². The summed E-state index contributed by atoms with van der Waals surface area (Å²) in [4.78, 5) is 32.0. The zero-order valence-corrected chi connectivity index (χ0v) is 20.8. The van der Waals surface area contributed by atoms with Gasteiger partial charge in [-0.15, -0.1) is 12.4 Å². The van der Waals surface area contributed by atoms with Crippen molar-refractivity contribution in [3.63, 3.8) is 0 Å². The molecule has 0 unspecified atom stereocenters. The lowest BCUT2D eigenvalue weighted by Crippen LogP contribution is -2.35. The average molecular weight is 545 g/mol. The first kappa shape index (κ1) is 28.1. The van der Waals surface area contributed by atoms with E-state index >= 15 is 0 Å². The van der Waals surface area contributed by atoms with Crippen LogP contribution < -0.4 is 15.4 Å². The zero-order chi connectivity index (χ0) is 26.0. The summed E-state index contributed by atoms with van der Waals surface area (Å²) in [7, 11) is 1.70. The Kier molecular flexibility index (Phi) is 8.59. The van der Waals surface area contributed by atoms with E-state index < -0.39 is 29.5 Å². The molecule has 0 saturated carbocycles. The Labute approximate surface area is 215 Å². The van der Waals surface area contributed by atoms with E-state index in [4.69, 9.17) is 4.74 Å². The Bertz CT molecular complexity index is 1310. The van der Waals surface area contributed by atoms with Gasteiger partial charge in [0.1, 0.15) is 18.0 Å². The minimum Gasteiger partial charge on any atom is -0.476 e. The van der Waals surface area contributed by atoms with Gasteiger partial charge in [0, 0.05) is 24.7 Å². The number of carbonyl (C=O) groups excluding carboxylic acids is 2. The third kappa shape index (κ3) is 6.46. The number of hydrogen-bond donors (Lipinski definition) is 2. The summed E-state index contributed by atoms with van der Waals surface area (Å²) in [6.45, 7) is 4.56. The summed E-state index contributed by atoms with van der Waals surface area (Å²) in [5.74, 6) is -2.36. The second-order valence-electron chi connectivity index (χ2n) is 8.42. The number of hydrogen-bond acceptors (Lipinski definition) is 6. The third-order valence-electron chi connectivity index (χ3n) is 5.81. The number of aryl methyl sites for hydroxylation is 2. The minimum absolute atomic E-state index is 0. The van der Waals surface area contributed by atoms with Gasteiger partial charge in [0.15, 0.2) is 5.65 Å². The third-order valence-corrected chi connectivity index (χ3v) is 5.81. The number of urea groups is 1. The molecule has 1 aromatic carbocycles. The molecule has 4 rings (SSSR count). The number of anilines is 1. The number of nitrogens with one attached hydrogen (secondary N) is 2. The zero-order valence-electron chi connectivity index (χ0n) is 20.0. The Morgan fingerprint density at radius 3 is 2.54 bits per heavy atom. The topological polar surface area (TPSA) is 101 Å².